The fraction of sp³-hybridized carbons (Fsp3) is 0.214. The van der Waals surface area contributed by atoms with E-state index in [1.54, 1.807) is 24.3 Å². The van der Waals surface area contributed by atoms with Crippen molar-refractivity contribution in [3.8, 4) is 5.75 Å². The average Bonchev–Trinajstić information content (AvgIpc) is 2.84. The number of rotatable bonds is 9. The van der Waals surface area contributed by atoms with Gasteiger partial charge in [-0.2, -0.15) is 0 Å². The number of hydrogen-bond acceptors (Lipinski definition) is 4. The Morgan fingerprint density at radius 3 is 2.57 bits per heavy atom. The molecule has 180 valence electrons. The lowest BCUT2D eigenvalue weighted by molar-refractivity contribution is 0.0948. The van der Waals surface area contributed by atoms with Gasteiger partial charge in [-0.3, -0.25) is 9.78 Å². The highest BCUT2D eigenvalue weighted by molar-refractivity contribution is 6.30. The number of nitrogens with one attached hydrogen (secondary N) is 1. The first-order valence-electron chi connectivity index (χ1n) is 11.5. The summed E-state index contributed by atoms with van der Waals surface area (Å²) >= 11 is 5.89. The van der Waals surface area contributed by atoms with Crippen molar-refractivity contribution in [3.05, 3.63) is 106 Å². The molecular weight excluding hydrogens is 465 g/mol. The summed E-state index contributed by atoms with van der Waals surface area (Å²) in [5.74, 6) is -1.23. The first kappa shape index (κ1) is 24.6. The Hall–Kier alpha value is -3.48. The van der Waals surface area contributed by atoms with Crippen LogP contribution in [0.3, 0.4) is 0 Å². The Bertz CT molecular complexity index is 1310. The molecule has 0 saturated heterocycles. The third kappa shape index (κ3) is 6.35. The molecule has 0 aliphatic heterocycles. The van der Waals surface area contributed by atoms with Crippen molar-refractivity contribution >= 4 is 28.4 Å². The lowest BCUT2D eigenvalue weighted by Gasteiger charge is -2.17. The summed E-state index contributed by atoms with van der Waals surface area (Å²) in [6.45, 7) is 1.92. The molecular formula is C28H27ClFN3O2. The van der Waals surface area contributed by atoms with Crippen molar-refractivity contribution in [2.24, 2.45) is 0 Å². The molecule has 0 radical (unpaired) electrons. The first-order chi connectivity index (χ1) is 16.9. The molecule has 0 spiro atoms. The van der Waals surface area contributed by atoms with Crippen molar-refractivity contribution in [3.63, 3.8) is 0 Å². The monoisotopic (exact) mass is 491 g/mol. The van der Waals surface area contributed by atoms with E-state index in [9.17, 15) is 14.3 Å². The number of fused-ring (bicyclic) bond motifs is 1. The molecule has 0 aliphatic rings. The summed E-state index contributed by atoms with van der Waals surface area (Å²) in [5.41, 5.74) is 3.31. The number of aromatic hydroxyl groups is 1. The van der Waals surface area contributed by atoms with Crippen LogP contribution in [0.5, 0.6) is 5.75 Å². The molecule has 0 aliphatic carbocycles. The van der Waals surface area contributed by atoms with Crippen molar-refractivity contribution in [1.29, 1.82) is 0 Å². The molecule has 2 N–H and O–H groups in total. The van der Waals surface area contributed by atoms with Crippen LogP contribution in [0.15, 0.2) is 72.9 Å². The summed E-state index contributed by atoms with van der Waals surface area (Å²) in [5, 5.41) is 14.4. The number of amides is 1. The highest BCUT2D eigenvalue weighted by atomic mass is 35.5. The predicted octanol–water partition coefficient (Wildman–Crippen LogP) is 5.73. The molecule has 1 aromatic heterocycles. The van der Waals surface area contributed by atoms with Gasteiger partial charge in [-0.1, -0.05) is 54.1 Å². The molecule has 0 atom stereocenters. The number of aromatic nitrogens is 1. The maximum absolute atomic E-state index is 14.4. The number of halogens is 2. The number of carbonyl (C=O) groups is 1. The topological polar surface area (TPSA) is 65.5 Å². The van der Waals surface area contributed by atoms with E-state index in [1.165, 1.54) is 23.9 Å². The summed E-state index contributed by atoms with van der Waals surface area (Å²) in [4.78, 5) is 19.3. The molecule has 3 aromatic carbocycles. The Labute approximate surface area is 209 Å². The zero-order valence-corrected chi connectivity index (χ0v) is 20.2. The Kier molecular flexibility index (Phi) is 7.95. The minimum atomic E-state index is -0.486. The van der Waals surface area contributed by atoms with Crippen LogP contribution in [0.1, 0.15) is 33.5 Å². The number of hydrogen-bond donors (Lipinski definition) is 2. The highest BCUT2D eigenvalue weighted by Gasteiger charge is 2.17. The van der Waals surface area contributed by atoms with Gasteiger partial charge in [-0.25, -0.2) is 4.39 Å². The van der Waals surface area contributed by atoms with Crippen LogP contribution >= 0.6 is 11.6 Å². The third-order valence-corrected chi connectivity index (χ3v) is 6.13. The standard InChI is InChI=1S/C28H27ClFN3O2/c1-33(18-20-6-3-2-4-7-20)13-5-8-21-14-23(30)15-24-26(21)31-17-25(27(24)34)28(35)32-16-19-9-11-22(29)12-10-19/h2-4,6-7,9-12,14-15,17H,5,8,13,16,18H2,1H3,(H,31,34)(H,32,35). The number of pyridine rings is 1. The summed E-state index contributed by atoms with van der Waals surface area (Å²) in [6.07, 6.45) is 2.74. The normalized spacial score (nSPS) is 11.2. The fourth-order valence-corrected chi connectivity index (χ4v) is 4.20. The van der Waals surface area contributed by atoms with Gasteiger partial charge in [0, 0.05) is 29.7 Å². The molecule has 0 fully saturated rings. The quantitative estimate of drug-likeness (QED) is 0.314. The molecule has 4 aromatic rings. The van der Waals surface area contributed by atoms with Gasteiger partial charge in [0.2, 0.25) is 0 Å². The molecule has 1 heterocycles. The van der Waals surface area contributed by atoms with Gasteiger partial charge in [-0.15, -0.1) is 0 Å². The van der Waals surface area contributed by atoms with E-state index in [-0.39, 0.29) is 23.2 Å². The van der Waals surface area contributed by atoms with E-state index in [2.05, 4.69) is 34.4 Å². The van der Waals surface area contributed by atoms with Gasteiger partial charge < -0.3 is 15.3 Å². The number of aryl methyl sites for hydroxylation is 1. The van der Waals surface area contributed by atoms with Gasteiger partial charge in [-0.05, 0) is 67.4 Å². The summed E-state index contributed by atoms with van der Waals surface area (Å²) in [6, 6.07) is 20.0. The Morgan fingerprint density at radius 1 is 1.09 bits per heavy atom. The van der Waals surface area contributed by atoms with E-state index in [0.29, 0.717) is 22.5 Å². The zero-order chi connectivity index (χ0) is 24.8. The van der Waals surface area contributed by atoms with Crippen LogP contribution in [0.25, 0.3) is 10.9 Å². The van der Waals surface area contributed by atoms with Crippen LogP contribution in [0.2, 0.25) is 5.02 Å². The number of benzene rings is 3. The summed E-state index contributed by atoms with van der Waals surface area (Å²) in [7, 11) is 2.05. The van der Waals surface area contributed by atoms with Crippen molar-refractivity contribution in [2.45, 2.75) is 25.9 Å². The van der Waals surface area contributed by atoms with E-state index in [4.69, 9.17) is 11.6 Å². The van der Waals surface area contributed by atoms with E-state index >= 15 is 0 Å². The zero-order valence-electron chi connectivity index (χ0n) is 19.5. The molecule has 7 heteroatoms. The lowest BCUT2D eigenvalue weighted by Crippen LogP contribution is -2.23. The average molecular weight is 492 g/mol. The Morgan fingerprint density at radius 2 is 1.83 bits per heavy atom. The minimum Gasteiger partial charge on any atom is -0.506 e. The number of nitrogens with zero attached hydrogens (tertiary/aromatic N) is 2. The molecule has 35 heavy (non-hydrogen) atoms. The predicted molar refractivity (Wildman–Crippen MR) is 137 cm³/mol. The molecule has 1 amide bonds. The first-order valence-corrected chi connectivity index (χ1v) is 11.8. The molecule has 0 bridgehead atoms. The second kappa shape index (κ2) is 11.3. The van der Waals surface area contributed by atoms with Gasteiger partial charge >= 0.3 is 0 Å². The second-order valence-corrected chi connectivity index (χ2v) is 9.05. The van der Waals surface area contributed by atoms with Gasteiger partial charge in [0.25, 0.3) is 5.91 Å². The molecule has 4 rings (SSSR count). The fourth-order valence-electron chi connectivity index (χ4n) is 4.07. The van der Waals surface area contributed by atoms with Crippen molar-refractivity contribution in [1.82, 2.24) is 15.2 Å². The van der Waals surface area contributed by atoms with Crippen LogP contribution in [0.4, 0.5) is 4.39 Å². The van der Waals surface area contributed by atoms with Crippen molar-refractivity contribution < 1.29 is 14.3 Å². The van der Waals surface area contributed by atoms with E-state index < -0.39 is 11.7 Å². The van der Waals surface area contributed by atoms with Gasteiger partial charge in [0.05, 0.1) is 5.52 Å². The minimum absolute atomic E-state index is 0.00519. The Balaban J connectivity index is 1.44. The van der Waals surface area contributed by atoms with Crippen LogP contribution in [-0.4, -0.2) is 34.5 Å². The van der Waals surface area contributed by atoms with E-state index in [0.717, 1.165) is 25.1 Å². The SMILES string of the molecule is CN(CCCc1cc(F)cc2c(O)c(C(=O)NCc3ccc(Cl)cc3)cnc12)Cc1ccccc1. The van der Waals surface area contributed by atoms with E-state index in [1.807, 2.05) is 18.2 Å². The van der Waals surface area contributed by atoms with Crippen LogP contribution in [-0.2, 0) is 19.5 Å². The number of carbonyl (C=O) groups excluding carboxylic acids is 1. The maximum Gasteiger partial charge on any atom is 0.256 e. The third-order valence-electron chi connectivity index (χ3n) is 5.88. The smallest absolute Gasteiger partial charge is 0.256 e. The second-order valence-electron chi connectivity index (χ2n) is 8.62. The van der Waals surface area contributed by atoms with Crippen LogP contribution in [0, 0.1) is 5.82 Å². The molecule has 0 unspecified atom stereocenters. The maximum atomic E-state index is 14.4. The van der Waals surface area contributed by atoms with Crippen molar-refractivity contribution in [2.75, 3.05) is 13.6 Å². The largest absolute Gasteiger partial charge is 0.506 e. The lowest BCUT2D eigenvalue weighted by atomic mass is 10.0. The molecule has 5 nitrogen and oxygen atoms in total. The van der Waals surface area contributed by atoms with Gasteiger partial charge in [0.1, 0.15) is 17.1 Å². The van der Waals surface area contributed by atoms with Crippen LogP contribution < -0.4 is 5.32 Å². The summed E-state index contributed by atoms with van der Waals surface area (Å²) < 4.78 is 14.4. The van der Waals surface area contributed by atoms with Gasteiger partial charge in [0.15, 0.2) is 0 Å². The highest BCUT2D eigenvalue weighted by Crippen LogP contribution is 2.30. The molecule has 0 saturated carbocycles.